The summed E-state index contributed by atoms with van der Waals surface area (Å²) in [6.07, 6.45) is 1.61. The molecule has 3 aromatic rings. The summed E-state index contributed by atoms with van der Waals surface area (Å²) in [5, 5.41) is 3.79. The number of aromatic nitrogens is 2. The molecule has 0 bridgehead atoms. The van der Waals surface area contributed by atoms with Crippen molar-refractivity contribution in [1.29, 1.82) is 0 Å². The number of hydrogen-bond acceptors (Lipinski definition) is 4. The Hall–Kier alpha value is -1.98. The van der Waals surface area contributed by atoms with Gasteiger partial charge in [0.25, 0.3) is 5.91 Å². The highest BCUT2D eigenvalue weighted by Crippen LogP contribution is 2.31. The van der Waals surface area contributed by atoms with Crippen molar-refractivity contribution in [2.45, 2.75) is 6.92 Å². The van der Waals surface area contributed by atoms with Crippen LogP contribution < -0.4 is 5.32 Å². The van der Waals surface area contributed by atoms with Crippen LogP contribution in [-0.4, -0.2) is 15.9 Å². The molecule has 100 valence electrons. The average molecular weight is 304 g/mol. The summed E-state index contributed by atoms with van der Waals surface area (Å²) in [6.45, 7) is 1.89. The van der Waals surface area contributed by atoms with Gasteiger partial charge in [-0.25, -0.2) is 9.97 Å². The smallest absolute Gasteiger partial charge is 0.257 e. The maximum absolute atomic E-state index is 12.1. The molecule has 0 aliphatic carbocycles. The van der Waals surface area contributed by atoms with Crippen molar-refractivity contribution >= 4 is 44.2 Å². The number of rotatable bonds is 2. The number of aryl methyl sites for hydroxylation is 1. The average Bonchev–Trinajstić information content (AvgIpc) is 2.87. The number of carbonyl (C=O) groups excluding carboxylic acids is 1. The lowest BCUT2D eigenvalue weighted by atomic mass is 10.2. The van der Waals surface area contributed by atoms with Crippen LogP contribution in [0, 0.1) is 6.92 Å². The number of benzene rings is 1. The standard InChI is InChI=1S/C14H10ClN3OS/c1-8-11-10(7-16-12(8)15)17-14(20-11)18-13(19)9-5-3-2-4-6-9/h2-7H,1H3,(H,17,18,19). The van der Waals surface area contributed by atoms with Crippen LogP contribution in [0.4, 0.5) is 5.13 Å². The van der Waals surface area contributed by atoms with Gasteiger partial charge in [-0.05, 0) is 19.1 Å². The van der Waals surface area contributed by atoms with Crippen LogP contribution in [0.25, 0.3) is 10.2 Å². The molecule has 0 unspecified atom stereocenters. The van der Waals surface area contributed by atoms with E-state index in [9.17, 15) is 4.79 Å². The normalized spacial score (nSPS) is 10.7. The molecule has 0 saturated heterocycles. The van der Waals surface area contributed by atoms with E-state index in [1.54, 1.807) is 18.3 Å². The highest BCUT2D eigenvalue weighted by molar-refractivity contribution is 7.22. The summed E-state index contributed by atoms with van der Waals surface area (Å²) < 4.78 is 0.938. The molecule has 1 amide bonds. The zero-order valence-electron chi connectivity index (χ0n) is 10.6. The SMILES string of the molecule is Cc1c(Cl)ncc2nc(NC(=O)c3ccccc3)sc12. The van der Waals surface area contributed by atoms with Gasteiger partial charge in [0.15, 0.2) is 5.13 Å². The van der Waals surface area contributed by atoms with Gasteiger partial charge in [-0.2, -0.15) is 0 Å². The molecule has 20 heavy (non-hydrogen) atoms. The summed E-state index contributed by atoms with van der Waals surface area (Å²) in [5.41, 5.74) is 2.21. The fraction of sp³-hybridized carbons (Fsp3) is 0.0714. The summed E-state index contributed by atoms with van der Waals surface area (Å²) in [7, 11) is 0. The minimum Gasteiger partial charge on any atom is -0.298 e. The molecule has 0 fully saturated rings. The highest BCUT2D eigenvalue weighted by Gasteiger charge is 2.12. The van der Waals surface area contributed by atoms with E-state index in [-0.39, 0.29) is 5.91 Å². The topological polar surface area (TPSA) is 54.9 Å². The molecule has 6 heteroatoms. The van der Waals surface area contributed by atoms with Crippen molar-refractivity contribution in [3.63, 3.8) is 0 Å². The van der Waals surface area contributed by atoms with Crippen LogP contribution in [0.3, 0.4) is 0 Å². The van der Waals surface area contributed by atoms with Gasteiger partial charge in [-0.3, -0.25) is 10.1 Å². The minimum absolute atomic E-state index is 0.179. The second-order valence-corrected chi connectivity index (χ2v) is 5.58. The summed E-state index contributed by atoms with van der Waals surface area (Å²) in [4.78, 5) is 20.5. The fourth-order valence-electron chi connectivity index (χ4n) is 1.81. The third kappa shape index (κ3) is 2.37. The first kappa shape index (κ1) is 13.0. The number of carbonyl (C=O) groups is 1. The molecule has 0 saturated carbocycles. The van der Waals surface area contributed by atoms with Crippen LogP contribution >= 0.6 is 22.9 Å². The van der Waals surface area contributed by atoms with Gasteiger partial charge in [0.1, 0.15) is 10.7 Å². The third-order valence-corrected chi connectivity index (χ3v) is 4.35. The molecule has 2 aromatic heterocycles. The van der Waals surface area contributed by atoms with Crippen molar-refractivity contribution in [2.24, 2.45) is 0 Å². The fourth-order valence-corrected chi connectivity index (χ4v) is 2.94. The Morgan fingerprint density at radius 1 is 1.30 bits per heavy atom. The molecule has 0 atom stereocenters. The Kier molecular flexibility index (Phi) is 3.38. The second-order valence-electron chi connectivity index (χ2n) is 4.23. The van der Waals surface area contributed by atoms with Crippen LogP contribution in [0.1, 0.15) is 15.9 Å². The Balaban J connectivity index is 1.92. The lowest BCUT2D eigenvalue weighted by molar-refractivity contribution is 0.102. The van der Waals surface area contributed by atoms with E-state index in [1.807, 2.05) is 25.1 Å². The van der Waals surface area contributed by atoms with Crippen molar-refractivity contribution in [3.05, 3.63) is 52.8 Å². The molecule has 0 spiro atoms. The molecule has 0 aliphatic rings. The van der Waals surface area contributed by atoms with Gasteiger partial charge in [-0.15, -0.1) is 0 Å². The van der Waals surface area contributed by atoms with E-state index in [1.165, 1.54) is 11.3 Å². The number of hydrogen-bond donors (Lipinski definition) is 1. The van der Waals surface area contributed by atoms with Gasteiger partial charge in [0, 0.05) is 11.1 Å². The van der Waals surface area contributed by atoms with Gasteiger partial charge in [0.2, 0.25) is 0 Å². The van der Waals surface area contributed by atoms with Gasteiger partial charge in [0.05, 0.1) is 10.9 Å². The molecule has 0 aliphatic heterocycles. The molecule has 3 rings (SSSR count). The maximum Gasteiger partial charge on any atom is 0.257 e. The number of nitrogens with zero attached hydrogens (tertiary/aromatic N) is 2. The van der Waals surface area contributed by atoms with E-state index in [4.69, 9.17) is 11.6 Å². The minimum atomic E-state index is -0.179. The third-order valence-electron chi connectivity index (χ3n) is 2.86. The van der Waals surface area contributed by atoms with E-state index < -0.39 is 0 Å². The summed E-state index contributed by atoms with van der Waals surface area (Å²) in [6, 6.07) is 9.02. The molecule has 1 N–H and O–H groups in total. The number of fused-ring (bicyclic) bond motifs is 1. The van der Waals surface area contributed by atoms with Gasteiger partial charge in [-0.1, -0.05) is 41.1 Å². The number of anilines is 1. The van der Waals surface area contributed by atoms with Crippen LogP contribution in [0.2, 0.25) is 5.15 Å². The number of halogens is 1. The maximum atomic E-state index is 12.1. The molecular weight excluding hydrogens is 294 g/mol. The van der Waals surface area contributed by atoms with Gasteiger partial charge >= 0.3 is 0 Å². The zero-order chi connectivity index (χ0) is 14.1. The van der Waals surface area contributed by atoms with E-state index in [0.717, 1.165) is 15.8 Å². The zero-order valence-corrected chi connectivity index (χ0v) is 12.1. The predicted octanol–water partition coefficient (Wildman–Crippen LogP) is 3.91. The largest absolute Gasteiger partial charge is 0.298 e. The van der Waals surface area contributed by atoms with Crippen molar-refractivity contribution in [1.82, 2.24) is 9.97 Å². The lowest BCUT2D eigenvalue weighted by Gasteiger charge is -2.00. The van der Waals surface area contributed by atoms with E-state index in [0.29, 0.717) is 15.8 Å². The first-order valence-corrected chi connectivity index (χ1v) is 7.12. The number of pyridine rings is 1. The quantitative estimate of drug-likeness (QED) is 0.730. The number of thiazole rings is 1. The molecule has 1 aromatic carbocycles. The Labute approximate surface area is 124 Å². The summed E-state index contributed by atoms with van der Waals surface area (Å²) in [5.74, 6) is -0.179. The molecule has 0 radical (unpaired) electrons. The summed E-state index contributed by atoms with van der Waals surface area (Å²) >= 11 is 7.37. The number of nitrogens with one attached hydrogen (secondary N) is 1. The van der Waals surface area contributed by atoms with E-state index >= 15 is 0 Å². The number of amides is 1. The van der Waals surface area contributed by atoms with E-state index in [2.05, 4.69) is 15.3 Å². The van der Waals surface area contributed by atoms with Crippen LogP contribution in [0.5, 0.6) is 0 Å². The molecule has 2 heterocycles. The first-order valence-electron chi connectivity index (χ1n) is 5.93. The highest BCUT2D eigenvalue weighted by atomic mass is 35.5. The van der Waals surface area contributed by atoms with Crippen molar-refractivity contribution < 1.29 is 4.79 Å². The Morgan fingerprint density at radius 2 is 2.05 bits per heavy atom. The van der Waals surface area contributed by atoms with Crippen molar-refractivity contribution in [3.8, 4) is 0 Å². The van der Waals surface area contributed by atoms with Crippen LogP contribution in [0.15, 0.2) is 36.5 Å². The molecular formula is C14H10ClN3OS. The first-order chi connectivity index (χ1) is 9.65. The predicted molar refractivity (Wildman–Crippen MR) is 81.6 cm³/mol. The van der Waals surface area contributed by atoms with Gasteiger partial charge < -0.3 is 0 Å². The molecule has 4 nitrogen and oxygen atoms in total. The van der Waals surface area contributed by atoms with Crippen LogP contribution in [-0.2, 0) is 0 Å². The monoisotopic (exact) mass is 303 g/mol. The Morgan fingerprint density at radius 3 is 2.80 bits per heavy atom. The van der Waals surface area contributed by atoms with Crippen molar-refractivity contribution in [2.75, 3.05) is 5.32 Å². The lowest BCUT2D eigenvalue weighted by Crippen LogP contribution is -2.11. The Bertz CT molecular complexity index is 786. The second kappa shape index (κ2) is 5.19.